The number of hydrogen-bond acceptors (Lipinski definition) is 4. The van der Waals surface area contributed by atoms with E-state index in [1.807, 2.05) is 19.1 Å². The lowest BCUT2D eigenvalue weighted by molar-refractivity contribution is 0.0600. The highest BCUT2D eigenvalue weighted by atomic mass is 16.5. The second-order valence-electron chi connectivity index (χ2n) is 3.40. The molecule has 1 heterocycles. The van der Waals surface area contributed by atoms with E-state index in [9.17, 15) is 0 Å². The van der Waals surface area contributed by atoms with Gasteiger partial charge in [0.2, 0.25) is 0 Å². The Bertz CT molecular complexity index is 352. The van der Waals surface area contributed by atoms with Crippen molar-refractivity contribution in [2.45, 2.75) is 13.5 Å². The Hall–Kier alpha value is -1.39. The molecule has 1 aromatic rings. The van der Waals surface area contributed by atoms with Gasteiger partial charge in [-0.3, -0.25) is 4.98 Å². The molecule has 0 aromatic carbocycles. The van der Waals surface area contributed by atoms with Gasteiger partial charge in [-0.15, -0.1) is 0 Å². The molecule has 0 N–H and O–H groups in total. The van der Waals surface area contributed by atoms with Crippen LogP contribution in [0.2, 0.25) is 0 Å². The van der Waals surface area contributed by atoms with E-state index >= 15 is 0 Å². The van der Waals surface area contributed by atoms with E-state index in [0.717, 1.165) is 11.3 Å². The number of hydrogen-bond donors (Lipinski definition) is 0. The van der Waals surface area contributed by atoms with E-state index in [2.05, 4.69) is 11.6 Å². The molecule has 4 heteroatoms. The second-order valence-corrected chi connectivity index (χ2v) is 3.40. The Labute approximate surface area is 102 Å². The number of pyridine rings is 1. The standard InChI is InChI=1S/C13H19NO3/c1-4-17-11(2)12-6-5-7-14-13(12)10-16-9-8-15-3/h5-7H,2,4,8-10H2,1,3H3. The molecule has 1 rings (SSSR count). The third kappa shape index (κ3) is 4.54. The number of methoxy groups -OCH3 is 1. The molecule has 0 bridgehead atoms. The van der Waals surface area contributed by atoms with Gasteiger partial charge in [0.25, 0.3) is 0 Å². The summed E-state index contributed by atoms with van der Waals surface area (Å²) in [6.45, 7) is 7.96. The van der Waals surface area contributed by atoms with Gasteiger partial charge < -0.3 is 14.2 Å². The summed E-state index contributed by atoms with van der Waals surface area (Å²) in [4.78, 5) is 4.27. The molecule has 0 aliphatic carbocycles. The predicted octanol–water partition coefficient (Wildman–Crippen LogP) is 2.25. The molecular formula is C13H19NO3. The Balaban J connectivity index is 2.61. The summed E-state index contributed by atoms with van der Waals surface area (Å²) >= 11 is 0. The zero-order chi connectivity index (χ0) is 12.5. The first-order valence-corrected chi connectivity index (χ1v) is 5.62. The van der Waals surface area contributed by atoms with Crippen LogP contribution in [0.4, 0.5) is 0 Å². The van der Waals surface area contributed by atoms with Gasteiger partial charge in [0, 0.05) is 18.9 Å². The average molecular weight is 237 g/mol. The van der Waals surface area contributed by atoms with Crippen molar-refractivity contribution in [2.75, 3.05) is 26.9 Å². The summed E-state index contributed by atoms with van der Waals surface area (Å²) in [7, 11) is 1.65. The maximum atomic E-state index is 5.44. The van der Waals surface area contributed by atoms with Gasteiger partial charge in [-0.1, -0.05) is 6.58 Å². The largest absolute Gasteiger partial charge is 0.494 e. The number of rotatable bonds is 8. The summed E-state index contributed by atoms with van der Waals surface area (Å²) in [6, 6.07) is 3.79. The SMILES string of the molecule is C=C(OCC)c1cccnc1COCCOC. The summed E-state index contributed by atoms with van der Waals surface area (Å²) in [5.74, 6) is 0.631. The molecule has 17 heavy (non-hydrogen) atoms. The van der Waals surface area contributed by atoms with Gasteiger partial charge in [-0.05, 0) is 19.1 Å². The van der Waals surface area contributed by atoms with E-state index in [0.29, 0.717) is 32.2 Å². The van der Waals surface area contributed by atoms with Crippen LogP contribution in [0, 0.1) is 0 Å². The number of aromatic nitrogens is 1. The lowest BCUT2D eigenvalue weighted by Crippen LogP contribution is -2.05. The van der Waals surface area contributed by atoms with Gasteiger partial charge in [-0.25, -0.2) is 0 Å². The summed E-state index contributed by atoms with van der Waals surface area (Å²) in [5, 5.41) is 0. The third-order valence-corrected chi connectivity index (χ3v) is 2.18. The minimum absolute atomic E-state index is 0.436. The van der Waals surface area contributed by atoms with Crippen molar-refractivity contribution < 1.29 is 14.2 Å². The fourth-order valence-corrected chi connectivity index (χ4v) is 1.37. The van der Waals surface area contributed by atoms with Crippen molar-refractivity contribution in [1.82, 2.24) is 4.98 Å². The quantitative estimate of drug-likeness (QED) is 0.513. The van der Waals surface area contributed by atoms with Crippen molar-refractivity contribution in [3.63, 3.8) is 0 Å². The second kappa shape index (κ2) is 7.81. The maximum absolute atomic E-state index is 5.44. The van der Waals surface area contributed by atoms with Gasteiger partial charge in [0.05, 0.1) is 32.1 Å². The van der Waals surface area contributed by atoms with Crippen LogP contribution in [0.25, 0.3) is 5.76 Å². The molecule has 0 amide bonds. The van der Waals surface area contributed by atoms with Crippen molar-refractivity contribution >= 4 is 5.76 Å². The van der Waals surface area contributed by atoms with Crippen LogP contribution in [-0.4, -0.2) is 31.9 Å². The maximum Gasteiger partial charge on any atom is 0.121 e. The van der Waals surface area contributed by atoms with Crippen molar-refractivity contribution in [3.05, 3.63) is 36.2 Å². The average Bonchev–Trinajstić information content (AvgIpc) is 2.35. The normalized spacial score (nSPS) is 10.2. The highest BCUT2D eigenvalue weighted by Gasteiger charge is 2.07. The molecule has 0 radical (unpaired) electrons. The molecule has 0 saturated carbocycles. The highest BCUT2D eigenvalue weighted by molar-refractivity contribution is 5.59. The van der Waals surface area contributed by atoms with Crippen LogP contribution < -0.4 is 0 Å². The Morgan fingerprint density at radius 2 is 2.24 bits per heavy atom. The molecule has 0 unspecified atom stereocenters. The minimum Gasteiger partial charge on any atom is -0.494 e. The van der Waals surface area contributed by atoms with Gasteiger partial charge in [0.15, 0.2) is 0 Å². The van der Waals surface area contributed by atoms with Crippen LogP contribution in [0.15, 0.2) is 24.9 Å². The van der Waals surface area contributed by atoms with Gasteiger partial charge in [-0.2, -0.15) is 0 Å². The molecule has 0 atom stereocenters. The van der Waals surface area contributed by atoms with E-state index in [1.54, 1.807) is 13.3 Å². The monoisotopic (exact) mass is 237 g/mol. The first-order chi connectivity index (χ1) is 8.29. The molecule has 0 saturated heterocycles. The van der Waals surface area contributed by atoms with Crippen molar-refractivity contribution in [2.24, 2.45) is 0 Å². The molecule has 0 spiro atoms. The Morgan fingerprint density at radius 1 is 1.41 bits per heavy atom. The smallest absolute Gasteiger partial charge is 0.121 e. The Morgan fingerprint density at radius 3 is 2.94 bits per heavy atom. The number of nitrogens with zero attached hydrogens (tertiary/aromatic N) is 1. The molecular weight excluding hydrogens is 218 g/mol. The van der Waals surface area contributed by atoms with Gasteiger partial charge in [0.1, 0.15) is 5.76 Å². The highest BCUT2D eigenvalue weighted by Crippen LogP contribution is 2.17. The van der Waals surface area contributed by atoms with Crippen LogP contribution in [0.5, 0.6) is 0 Å². The fraction of sp³-hybridized carbons (Fsp3) is 0.462. The first-order valence-electron chi connectivity index (χ1n) is 5.62. The summed E-state index contributed by atoms with van der Waals surface area (Å²) in [5.41, 5.74) is 1.73. The zero-order valence-electron chi connectivity index (χ0n) is 10.4. The predicted molar refractivity (Wildman–Crippen MR) is 66.4 cm³/mol. The van der Waals surface area contributed by atoms with Crippen LogP contribution in [-0.2, 0) is 20.8 Å². The number of ether oxygens (including phenoxy) is 3. The third-order valence-electron chi connectivity index (χ3n) is 2.18. The van der Waals surface area contributed by atoms with E-state index < -0.39 is 0 Å². The molecule has 1 aromatic heterocycles. The molecule has 0 aliphatic rings. The summed E-state index contributed by atoms with van der Waals surface area (Å²) in [6.07, 6.45) is 1.73. The van der Waals surface area contributed by atoms with Crippen LogP contribution in [0.3, 0.4) is 0 Å². The van der Waals surface area contributed by atoms with Crippen LogP contribution >= 0.6 is 0 Å². The topological polar surface area (TPSA) is 40.6 Å². The van der Waals surface area contributed by atoms with E-state index in [-0.39, 0.29) is 0 Å². The molecule has 94 valence electrons. The van der Waals surface area contributed by atoms with Crippen LogP contribution in [0.1, 0.15) is 18.2 Å². The Kier molecular flexibility index (Phi) is 6.29. The molecule has 0 fully saturated rings. The van der Waals surface area contributed by atoms with E-state index in [1.165, 1.54) is 0 Å². The lowest BCUT2D eigenvalue weighted by atomic mass is 10.2. The minimum atomic E-state index is 0.436. The van der Waals surface area contributed by atoms with E-state index in [4.69, 9.17) is 14.2 Å². The van der Waals surface area contributed by atoms with Crippen molar-refractivity contribution in [1.29, 1.82) is 0 Å². The molecule has 4 nitrogen and oxygen atoms in total. The molecule has 0 aliphatic heterocycles. The zero-order valence-corrected chi connectivity index (χ0v) is 10.4. The van der Waals surface area contributed by atoms with Gasteiger partial charge >= 0.3 is 0 Å². The summed E-state index contributed by atoms with van der Waals surface area (Å²) < 4.78 is 15.7. The first kappa shape index (κ1) is 13.7. The lowest BCUT2D eigenvalue weighted by Gasteiger charge is -2.11. The van der Waals surface area contributed by atoms with Crippen molar-refractivity contribution in [3.8, 4) is 0 Å². The fourth-order valence-electron chi connectivity index (χ4n) is 1.37.